The summed E-state index contributed by atoms with van der Waals surface area (Å²) in [5.74, 6) is -1.00. The molecule has 1 fully saturated rings. The highest BCUT2D eigenvalue weighted by Crippen LogP contribution is 2.42. The topological polar surface area (TPSA) is 86.6 Å². The van der Waals surface area contributed by atoms with Crippen molar-refractivity contribution in [3.63, 3.8) is 0 Å². The summed E-state index contributed by atoms with van der Waals surface area (Å²) in [6, 6.07) is 0. The number of amides is 1. The van der Waals surface area contributed by atoms with Gasteiger partial charge in [0.25, 0.3) is 0 Å². The van der Waals surface area contributed by atoms with Gasteiger partial charge in [0, 0.05) is 6.42 Å². The van der Waals surface area contributed by atoms with Gasteiger partial charge in [0.1, 0.15) is 0 Å². The summed E-state index contributed by atoms with van der Waals surface area (Å²) in [6.07, 6.45) is 4.99. The van der Waals surface area contributed by atoms with Gasteiger partial charge >= 0.3 is 5.97 Å². The number of hydrogen-bond acceptors (Lipinski definition) is 3. The maximum absolute atomic E-state index is 12.1. The lowest BCUT2D eigenvalue weighted by molar-refractivity contribution is -0.141. The van der Waals surface area contributed by atoms with Crippen molar-refractivity contribution in [2.75, 3.05) is 6.61 Å². The average molecular weight is 271 g/mol. The highest BCUT2D eigenvalue weighted by atomic mass is 16.4. The van der Waals surface area contributed by atoms with Crippen molar-refractivity contribution < 1.29 is 19.8 Å². The van der Waals surface area contributed by atoms with Crippen LogP contribution in [-0.4, -0.2) is 34.2 Å². The standard InChI is InChI=1S/C14H25NO4/c1-13(2,10-16)15-11(17)8-14(9-12(18)19)6-4-3-5-7-14/h16H,3-10H2,1-2H3,(H,15,17)(H,18,19). The van der Waals surface area contributed by atoms with Crippen LogP contribution in [0.1, 0.15) is 58.8 Å². The summed E-state index contributed by atoms with van der Waals surface area (Å²) in [5.41, 5.74) is -1.06. The van der Waals surface area contributed by atoms with Crippen LogP contribution in [0.4, 0.5) is 0 Å². The fourth-order valence-corrected chi connectivity index (χ4v) is 2.84. The Morgan fingerprint density at radius 2 is 1.74 bits per heavy atom. The van der Waals surface area contributed by atoms with Crippen molar-refractivity contribution in [2.24, 2.45) is 5.41 Å². The summed E-state index contributed by atoms with van der Waals surface area (Å²) in [6.45, 7) is 3.36. The zero-order valence-corrected chi connectivity index (χ0v) is 11.9. The van der Waals surface area contributed by atoms with E-state index in [1.54, 1.807) is 13.8 Å². The molecule has 1 rings (SSSR count). The van der Waals surface area contributed by atoms with E-state index < -0.39 is 16.9 Å². The van der Waals surface area contributed by atoms with Gasteiger partial charge in [-0.05, 0) is 32.1 Å². The summed E-state index contributed by atoms with van der Waals surface area (Å²) in [4.78, 5) is 23.1. The highest BCUT2D eigenvalue weighted by Gasteiger charge is 2.37. The number of aliphatic carboxylic acids is 1. The molecule has 0 saturated heterocycles. The Morgan fingerprint density at radius 3 is 2.21 bits per heavy atom. The minimum Gasteiger partial charge on any atom is -0.481 e. The predicted molar refractivity (Wildman–Crippen MR) is 71.7 cm³/mol. The number of hydrogen-bond donors (Lipinski definition) is 3. The van der Waals surface area contributed by atoms with E-state index in [4.69, 9.17) is 10.2 Å². The Morgan fingerprint density at radius 1 is 1.16 bits per heavy atom. The van der Waals surface area contributed by atoms with E-state index in [0.717, 1.165) is 32.1 Å². The SMILES string of the molecule is CC(C)(CO)NC(=O)CC1(CC(=O)O)CCCCC1. The number of carboxylic acids is 1. The van der Waals surface area contributed by atoms with E-state index in [1.807, 2.05) is 0 Å². The van der Waals surface area contributed by atoms with Crippen LogP contribution in [0.2, 0.25) is 0 Å². The van der Waals surface area contributed by atoms with Crippen molar-refractivity contribution in [1.29, 1.82) is 0 Å². The molecule has 1 aliphatic carbocycles. The molecule has 1 aliphatic rings. The summed E-state index contributed by atoms with van der Waals surface area (Å²) >= 11 is 0. The van der Waals surface area contributed by atoms with Gasteiger partial charge < -0.3 is 15.5 Å². The molecule has 0 aliphatic heterocycles. The van der Waals surface area contributed by atoms with Gasteiger partial charge in [-0.2, -0.15) is 0 Å². The van der Waals surface area contributed by atoms with Crippen molar-refractivity contribution in [1.82, 2.24) is 5.32 Å². The van der Waals surface area contributed by atoms with Crippen molar-refractivity contribution in [3.8, 4) is 0 Å². The lowest BCUT2D eigenvalue weighted by Crippen LogP contribution is -2.48. The van der Waals surface area contributed by atoms with Crippen molar-refractivity contribution in [2.45, 2.75) is 64.3 Å². The Balaban J connectivity index is 2.67. The first-order valence-corrected chi connectivity index (χ1v) is 6.92. The molecular weight excluding hydrogens is 246 g/mol. The van der Waals surface area contributed by atoms with E-state index in [2.05, 4.69) is 5.32 Å². The second-order valence-electron chi connectivity index (χ2n) is 6.40. The number of aliphatic hydroxyl groups excluding tert-OH is 1. The third kappa shape index (κ3) is 5.19. The van der Waals surface area contributed by atoms with Crippen LogP contribution in [-0.2, 0) is 9.59 Å². The molecule has 0 radical (unpaired) electrons. The smallest absolute Gasteiger partial charge is 0.303 e. The first-order valence-electron chi connectivity index (χ1n) is 6.92. The van der Waals surface area contributed by atoms with Crippen LogP contribution >= 0.6 is 0 Å². The minimum atomic E-state index is -0.837. The molecule has 0 bridgehead atoms. The molecule has 0 aromatic carbocycles. The van der Waals surface area contributed by atoms with Crippen LogP contribution < -0.4 is 5.32 Å². The van der Waals surface area contributed by atoms with Gasteiger partial charge in [-0.25, -0.2) is 0 Å². The Kier molecular flexibility index (Phi) is 5.35. The van der Waals surface area contributed by atoms with E-state index in [0.29, 0.717) is 0 Å². The molecule has 19 heavy (non-hydrogen) atoms. The Labute approximate surface area is 114 Å². The maximum atomic E-state index is 12.1. The van der Waals surface area contributed by atoms with Crippen LogP contribution in [0, 0.1) is 5.41 Å². The van der Waals surface area contributed by atoms with Gasteiger partial charge in [0.2, 0.25) is 5.91 Å². The van der Waals surface area contributed by atoms with Gasteiger partial charge in [0.05, 0.1) is 18.6 Å². The molecular formula is C14H25NO4. The lowest BCUT2D eigenvalue weighted by atomic mass is 9.69. The van der Waals surface area contributed by atoms with Crippen LogP contribution in [0.5, 0.6) is 0 Å². The number of nitrogens with one attached hydrogen (secondary N) is 1. The summed E-state index contributed by atoms with van der Waals surface area (Å²) in [5, 5.41) is 21.0. The van der Waals surface area contributed by atoms with Gasteiger partial charge in [-0.15, -0.1) is 0 Å². The van der Waals surface area contributed by atoms with Crippen molar-refractivity contribution in [3.05, 3.63) is 0 Å². The number of rotatable bonds is 6. The summed E-state index contributed by atoms with van der Waals surface area (Å²) in [7, 11) is 0. The molecule has 0 aromatic heterocycles. The fraction of sp³-hybridized carbons (Fsp3) is 0.857. The molecule has 0 unspecified atom stereocenters. The first kappa shape index (κ1) is 16.0. The minimum absolute atomic E-state index is 0.0555. The highest BCUT2D eigenvalue weighted by molar-refractivity contribution is 5.78. The third-order valence-corrected chi connectivity index (χ3v) is 3.85. The Bertz CT molecular complexity index is 332. The lowest BCUT2D eigenvalue weighted by Gasteiger charge is -2.36. The van der Waals surface area contributed by atoms with Crippen molar-refractivity contribution >= 4 is 11.9 Å². The molecule has 3 N–H and O–H groups in total. The van der Waals surface area contributed by atoms with Crippen LogP contribution in [0.15, 0.2) is 0 Å². The predicted octanol–water partition coefficient (Wildman–Crippen LogP) is 1.69. The van der Waals surface area contributed by atoms with E-state index >= 15 is 0 Å². The monoisotopic (exact) mass is 271 g/mol. The molecule has 0 aromatic rings. The Hall–Kier alpha value is -1.10. The first-order chi connectivity index (χ1) is 8.79. The van der Waals surface area contributed by atoms with Crippen LogP contribution in [0.3, 0.4) is 0 Å². The van der Waals surface area contributed by atoms with E-state index in [9.17, 15) is 9.59 Å². The number of carboxylic acid groups (broad SMARTS) is 1. The fourth-order valence-electron chi connectivity index (χ4n) is 2.84. The zero-order chi connectivity index (χ0) is 14.5. The van der Waals surface area contributed by atoms with Gasteiger partial charge in [-0.1, -0.05) is 19.3 Å². The summed E-state index contributed by atoms with van der Waals surface area (Å²) < 4.78 is 0. The molecule has 5 nitrogen and oxygen atoms in total. The molecule has 1 saturated carbocycles. The molecule has 0 spiro atoms. The molecule has 0 atom stereocenters. The molecule has 110 valence electrons. The average Bonchev–Trinajstić information content (AvgIpc) is 2.27. The van der Waals surface area contributed by atoms with Crippen LogP contribution in [0.25, 0.3) is 0 Å². The molecule has 5 heteroatoms. The van der Waals surface area contributed by atoms with Gasteiger partial charge in [-0.3, -0.25) is 9.59 Å². The van der Waals surface area contributed by atoms with E-state index in [1.165, 1.54) is 0 Å². The normalized spacial score (nSPS) is 18.9. The second kappa shape index (κ2) is 6.37. The van der Waals surface area contributed by atoms with Gasteiger partial charge in [0.15, 0.2) is 0 Å². The third-order valence-electron chi connectivity index (χ3n) is 3.85. The molecule has 1 amide bonds. The number of carbonyl (C=O) groups is 2. The zero-order valence-electron chi connectivity index (χ0n) is 11.9. The maximum Gasteiger partial charge on any atom is 0.303 e. The number of carbonyl (C=O) groups excluding carboxylic acids is 1. The number of aliphatic hydroxyl groups is 1. The largest absolute Gasteiger partial charge is 0.481 e. The molecule has 0 heterocycles. The quantitative estimate of drug-likeness (QED) is 0.686. The van der Waals surface area contributed by atoms with E-state index in [-0.39, 0.29) is 25.4 Å². The second-order valence-corrected chi connectivity index (χ2v) is 6.40.